The van der Waals surface area contributed by atoms with Crippen molar-refractivity contribution in [3.8, 4) is 11.1 Å². The number of hydrogen-bond acceptors (Lipinski definition) is 3. The average Bonchev–Trinajstić information content (AvgIpc) is 3.42. The van der Waals surface area contributed by atoms with E-state index in [-0.39, 0.29) is 18.3 Å². The highest BCUT2D eigenvalue weighted by Gasteiger charge is 2.32. The number of hydrogen-bond donors (Lipinski definition) is 1. The van der Waals surface area contributed by atoms with Gasteiger partial charge in [0.05, 0.1) is 6.04 Å². The Morgan fingerprint density at radius 3 is 2.21 bits per heavy atom. The van der Waals surface area contributed by atoms with Crippen molar-refractivity contribution in [1.82, 2.24) is 9.88 Å². The van der Waals surface area contributed by atoms with Crippen molar-refractivity contribution < 1.29 is 14.3 Å². The number of aromatic amines is 1. The van der Waals surface area contributed by atoms with Gasteiger partial charge in [0.1, 0.15) is 6.61 Å². The lowest BCUT2D eigenvalue weighted by Crippen LogP contribution is -2.43. The molecule has 0 bridgehead atoms. The molecule has 1 amide bonds. The molecule has 1 aliphatic rings. The number of carbonyl (C=O) groups is 2. The van der Waals surface area contributed by atoms with Gasteiger partial charge in [0, 0.05) is 35.1 Å². The van der Waals surface area contributed by atoms with Gasteiger partial charge in [0.15, 0.2) is 5.78 Å². The number of amides is 1. The first-order chi connectivity index (χ1) is 16.1. The maximum Gasteiger partial charge on any atom is 0.410 e. The number of carbonyl (C=O) groups excluding carboxylic acids is 2. The lowest BCUT2D eigenvalue weighted by molar-refractivity contribution is 0.0708. The molecule has 0 spiro atoms. The minimum atomic E-state index is -0.634. The Labute approximate surface area is 193 Å². The van der Waals surface area contributed by atoms with Crippen molar-refractivity contribution in [2.75, 3.05) is 13.2 Å². The van der Waals surface area contributed by atoms with Gasteiger partial charge >= 0.3 is 6.09 Å². The van der Waals surface area contributed by atoms with E-state index in [1.807, 2.05) is 55.5 Å². The molecule has 166 valence electrons. The van der Waals surface area contributed by atoms with Crippen LogP contribution in [0.3, 0.4) is 0 Å². The van der Waals surface area contributed by atoms with Crippen LogP contribution in [0, 0.1) is 0 Å². The average molecular weight is 439 g/mol. The summed E-state index contributed by atoms with van der Waals surface area (Å²) in [5.41, 5.74) is 6.18. The molecule has 0 radical (unpaired) electrons. The van der Waals surface area contributed by atoms with Crippen LogP contribution < -0.4 is 0 Å². The summed E-state index contributed by atoms with van der Waals surface area (Å²) in [6.45, 7) is 4.23. The highest BCUT2D eigenvalue weighted by Crippen LogP contribution is 2.44. The highest BCUT2D eigenvalue weighted by atomic mass is 16.6. The zero-order valence-corrected chi connectivity index (χ0v) is 18.7. The van der Waals surface area contributed by atoms with Gasteiger partial charge in [0.2, 0.25) is 0 Å². The molecule has 1 N–H and O–H groups in total. The fourth-order valence-electron chi connectivity index (χ4n) is 4.88. The maximum atomic E-state index is 13.2. The first-order valence-corrected chi connectivity index (χ1v) is 11.3. The molecule has 33 heavy (non-hydrogen) atoms. The van der Waals surface area contributed by atoms with Crippen molar-refractivity contribution in [2.45, 2.75) is 25.8 Å². The predicted molar refractivity (Wildman–Crippen MR) is 130 cm³/mol. The van der Waals surface area contributed by atoms with Crippen molar-refractivity contribution in [3.63, 3.8) is 0 Å². The van der Waals surface area contributed by atoms with Gasteiger partial charge in [-0.05, 0) is 42.2 Å². The number of aromatic nitrogens is 1. The summed E-state index contributed by atoms with van der Waals surface area (Å²) < 4.78 is 5.80. The maximum absolute atomic E-state index is 13.2. The van der Waals surface area contributed by atoms with Gasteiger partial charge < -0.3 is 9.72 Å². The molecular weight excluding hydrogens is 412 g/mol. The van der Waals surface area contributed by atoms with Gasteiger partial charge in [-0.2, -0.15) is 0 Å². The van der Waals surface area contributed by atoms with Crippen LogP contribution in [0.5, 0.6) is 0 Å². The summed E-state index contributed by atoms with van der Waals surface area (Å²) in [4.78, 5) is 31.0. The van der Waals surface area contributed by atoms with E-state index in [2.05, 4.69) is 29.2 Å². The summed E-state index contributed by atoms with van der Waals surface area (Å²) in [5.74, 6) is -0.123. The summed E-state index contributed by atoms with van der Waals surface area (Å²) in [6, 6.07) is 23.5. The van der Waals surface area contributed by atoms with E-state index < -0.39 is 12.1 Å². The summed E-state index contributed by atoms with van der Waals surface area (Å²) >= 11 is 0. The Bertz CT molecular complexity index is 1290. The van der Waals surface area contributed by atoms with Crippen LogP contribution in [0.25, 0.3) is 22.0 Å². The van der Waals surface area contributed by atoms with E-state index in [4.69, 9.17) is 4.74 Å². The normalized spacial score (nSPS) is 13.4. The second-order valence-electron chi connectivity index (χ2n) is 8.38. The second-order valence-corrected chi connectivity index (χ2v) is 8.38. The molecule has 1 atom stereocenters. The minimum Gasteiger partial charge on any atom is -0.448 e. The monoisotopic (exact) mass is 438 g/mol. The number of fused-ring (bicyclic) bond motifs is 4. The number of rotatable bonds is 6. The smallest absolute Gasteiger partial charge is 0.410 e. The third kappa shape index (κ3) is 3.59. The Morgan fingerprint density at radius 2 is 1.55 bits per heavy atom. The first kappa shape index (κ1) is 21.0. The van der Waals surface area contributed by atoms with Gasteiger partial charge in [-0.1, -0.05) is 66.7 Å². The van der Waals surface area contributed by atoms with Crippen LogP contribution in [0.15, 0.2) is 79.0 Å². The first-order valence-electron chi connectivity index (χ1n) is 11.3. The van der Waals surface area contributed by atoms with E-state index in [0.29, 0.717) is 12.1 Å². The molecule has 5 heteroatoms. The van der Waals surface area contributed by atoms with Gasteiger partial charge in [0.25, 0.3) is 0 Å². The number of likely N-dealkylation sites (N-methyl/N-ethyl adjacent to an activating group) is 1. The predicted octanol–water partition coefficient (Wildman–Crippen LogP) is 6.01. The van der Waals surface area contributed by atoms with Crippen molar-refractivity contribution in [2.24, 2.45) is 0 Å². The quantitative estimate of drug-likeness (QED) is 0.375. The Kier molecular flexibility index (Phi) is 5.47. The van der Waals surface area contributed by atoms with Crippen LogP contribution in [-0.4, -0.2) is 41.0 Å². The SMILES string of the molecule is CCN(C(=O)OCC1c2ccccc2-c2ccccc21)C(C)C(=O)c1c[nH]c2ccccc12. The van der Waals surface area contributed by atoms with Crippen LogP contribution >= 0.6 is 0 Å². The van der Waals surface area contributed by atoms with E-state index in [1.54, 1.807) is 13.1 Å². The fourth-order valence-corrected chi connectivity index (χ4v) is 4.88. The van der Waals surface area contributed by atoms with Gasteiger partial charge in [-0.15, -0.1) is 0 Å². The number of H-pyrrole nitrogens is 1. The molecule has 5 nitrogen and oxygen atoms in total. The lowest BCUT2D eigenvalue weighted by Gasteiger charge is -2.27. The van der Waals surface area contributed by atoms with Crippen LogP contribution in [-0.2, 0) is 4.74 Å². The molecule has 0 saturated carbocycles. The number of ketones is 1. The topological polar surface area (TPSA) is 62.4 Å². The zero-order valence-electron chi connectivity index (χ0n) is 18.7. The number of ether oxygens (including phenoxy) is 1. The second kappa shape index (κ2) is 8.58. The van der Waals surface area contributed by atoms with Crippen molar-refractivity contribution in [3.05, 3.63) is 95.7 Å². The number of para-hydroxylation sites is 1. The molecular formula is C28H26N2O3. The molecule has 0 fully saturated rings. The van der Waals surface area contributed by atoms with Gasteiger partial charge in [-0.3, -0.25) is 9.69 Å². The number of Topliss-reactive ketones (excluding diaryl/α,β-unsaturated/α-hetero) is 1. The number of nitrogens with zero attached hydrogens (tertiary/aromatic N) is 1. The number of benzene rings is 3. The molecule has 0 saturated heterocycles. The van der Waals surface area contributed by atoms with Crippen LogP contribution in [0.4, 0.5) is 4.79 Å². The largest absolute Gasteiger partial charge is 0.448 e. The summed E-state index contributed by atoms with van der Waals surface area (Å²) in [6.07, 6.45) is 1.25. The Morgan fingerprint density at radius 1 is 0.939 bits per heavy atom. The summed E-state index contributed by atoms with van der Waals surface area (Å²) in [7, 11) is 0. The molecule has 0 aliphatic heterocycles. The third-order valence-corrected chi connectivity index (χ3v) is 6.61. The van der Waals surface area contributed by atoms with Crippen LogP contribution in [0.1, 0.15) is 41.3 Å². The number of nitrogens with one attached hydrogen (secondary N) is 1. The standard InChI is InChI=1S/C28H26N2O3/c1-3-30(18(2)27(31)24-16-29-26-15-9-8-14-23(24)26)28(32)33-17-25-21-12-6-4-10-19(21)20-11-5-7-13-22(20)25/h4-16,18,25,29H,3,17H2,1-2H3. The van der Waals surface area contributed by atoms with Crippen LogP contribution in [0.2, 0.25) is 0 Å². The molecule has 1 aliphatic carbocycles. The summed E-state index contributed by atoms with van der Waals surface area (Å²) in [5, 5.41) is 0.859. The van der Waals surface area contributed by atoms with Crippen molar-refractivity contribution in [1.29, 1.82) is 0 Å². The molecule has 4 aromatic rings. The lowest BCUT2D eigenvalue weighted by atomic mass is 9.98. The van der Waals surface area contributed by atoms with Crippen molar-refractivity contribution >= 4 is 22.8 Å². The highest BCUT2D eigenvalue weighted by molar-refractivity contribution is 6.10. The minimum absolute atomic E-state index is 0.0142. The molecule has 5 rings (SSSR count). The van der Waals surface area contributed by atoms with E-state index in [1.165, 1.54) is 16.0 Å². The van der Waals surface area contributed by atoms with E-state index in [0.717, 1.165) is 22.0 Å². The molecule has 1 aromatic heterocycles. The fraction of sp³-hybridized carbons (Fsp3) is 0.214. The Hall–Kier alpha value is -3.86. The third-order valence-electron chi connectivity index (χ3n) is 6.61. The molecule has 1 heterocycles. The van der Waals surface area contributed by atoms with E-state index in [9.17, 15) is 9.59 Å². The Balaban J connectivity index is 1.33. The van der Waals surface area contributed by atoms with E-state index >= 15 is 0 Å². The van der Waals surface area contributed by atoms with Gasteiger partial charge in [-0.25, -0.2) is 4.79 Å². The molecule has 3 aromatic carbocycles. The zero-order chi connectivity index (χ0) is 22.9. The molecule has 1 unspecified atom stereocenters.